The third kappa shape index (κ3) is 14.5. The Balaban J connectivity index is 0.000000197. The van der Waals surface area contributed by atoms with Gasteiger partial charge in [-0.1, -0.05) is 109 Å². The number of hydrogen-bond acceptors (Lipinski definition) is 0. The van der Waals surface area contributed by atoms with Gasteiger partial charge in [0.2, 0.25) is 0 Å². The first-order chi connectivity index (χ1) is 23.2. The van der Waals surface area contributed by atoms with E-state index < -0.39 is 0 Å². The van der Waals surface area contributed by atoms with Crippen molar-refractivity contribution in [2.75, 3.05) is 0 Å². The van der Waals surface area contributed by atoms with E-state index in [-0.39, 0.29) is 51.4 Å². The summed E-state index contributed by atoms with van der Waals surface area (Å²) in [6.45, 7) is 0. The SMILES string of the molecule is Fc1ccc(/C=C/c2ccc(F)cc2)cc1.Fc1ccc(/C=C/c2ccc(F)cc2)cc1.Fc1ccc(/C=C/c2ccc(F)cc2)cc1.[Ni]. The molecule has 0 bridgehead atoms. The Bertz CT molecular complexity index is 1540. The molecular weight excluding hydrogens is 677 g/mol. The van der Waals surface area contributed by atoms with E-state index >= 15 is 0 Å². The second-order valence-electron chi connectivity index (χ2n) is 10.3. The van der Waals surface area contributed by atoms with Gasteiger partial charge in [0.25, 0.3) is 0 Å². The first-order valence-corrected chi connectivity index (χ1v) is 14.8. The second kappa shape index (κ2) is 20.1. The van der Waals surface area contributed by atoms with Gasteiger partial charge in [0.05, 0.1) is 0 Å². The third-order valence-corrected chi connectivity index (χ3v) is 6.62. The van der Waals surface area contributed by atoms with Crippen LogP contribution in [0.25, 0.3) is 36.5 Å². The largest absolute Gasteiger partial charge is 0.207 e. The van der Waals surface area contributed by atoms with Crippen LogP contribution in [0.4, 0.5) is 26.3 Å². The van der Waals surface area contributed by atoms with E-state index in [0.29, 0.717) is 0 Å². The van der Waals surface area contributed by atoms with Crippen molar-refractivity contribution in [3.8, 4) is 0 Å². The zero-order valence-corrected chi connectivity index (χ0v) is 26.9. The fraction of sp³-hybridized carbons (Fsp3) is 0. The summed E-state index contributed by atoms with van der Waals surface area (Å²) in [6, 6.07) is 37.2. The molecule has 0 nitrogen and oxygen atoms in total. The molecule has 0 fully saturated rings. The Morgan fingerprint density at radius 1 is 0.204 bits per heavy atom. The normalized spacial score (nSPS) is 10.7. The number of rotatable bonds is 6. The van der Waals surface area contributed by atoms with Crippen molar-refractivity contribution in [3.63, 3.8) is 0 Å². The minimum absolute atomic E-state index is 0. The molecule has 6 aromatic rings. The van der Waals surface area contributed by atoms with Gasteiger partial charge in [-0.15, -0.1) is 0 Å². The summed E-state index contributed by atoms with van der Waals surface area (Å²) in [5.74, 6) is -1.51. The molecule has 0 atom stereocenters. The molecule has 49 heavy (non-hydrogen) atoms. The number of halogens is 6. The molecule has 6 aromatic carbocycles. The Labute approximate surface area is 292 Å². The molecule has 7 heteroatoms. The molecule has 0 radical (unpaired) electrons. The summed E-state index contributed by atoms with van der Waals surface area (Å²) < 4.78 is 75.8. The van der Waals surface area contributed by atoms with Gasteiger partial charge in [0.15, 0.2) is 0 Å². The third-order valence-electron chi connectivity index (χ3n) is 6.62. The van der Waals surface area contributed by atoms with Crippen LogP contribution in [0, 0.1) is 34.9 Å². The molecule has 6 rings (SSSR count). The van der Waals surface area contributed by atoms with Gasteiger partial charge >= 0.3 is 0 Å². The molecule has 0 heterocycles. The molecule has 0 aliphatic carbocycles. The van der Waals surface area contributed by atoms with Crippen LogP contribution in [0.5, 0.6) is 0 Å². The van der Waals surface area contributed by atoms with E-state index in [1.54, 1.807) is 72.8 Å². The van der Waals surface area contributed by atoms with Gasteiger partial charge < -0.3 is 0 Å². The topological polar surface area (TPSA) is 0 Å². The maximum absolute atomic E-state index is 12.6. The average Bonchev–Trinajstić information content (AvgIpc) is 3.10. The van der Waals surface area contributed by atoms with E-state index in [2.05, 4.69) is 0 Å². The Kier molecular flexibility index (Phi) is 15.6. The van der Waals surface area contributed by atoms with E-state index in [0.717, 1.165) is 33.4 Å². The van der Waals surface area contributed by atoms with Gasteiger partial charge in [-0.2, -0.15) is 0 Å². The zero-order valence-electron chi connectivity index (χ0n) is 25.9. The fourth-order valence-corrected chi connectivity index (χ4v) is 4.02. The van der Waals surface area contributed by atoms with Crippen molar-refractivity contribution in [3.05, 3.63) is 214 Å². The van der Waals surface area contributed by atoms with Gasteiger partial charge in [-0.25, -0.2) is 26.3 Å². The van der Waals surface area contributed by atoms with Crippen LogP contribution in [-0.4, -0.2) is 0 Å². The molecule has 0 unspecified atom stereocenters. The first kappa shape index (κ1) is 38.1. The Morgan fingerprint density at radius 3 is 0.408 bits per heavy atom. The van der Waals surface area contributed by atoms with Gasteiger partial charge in [0, 0.05) is 16.5 Å². The maximum Gasteiger partial charge on any atom is 0.123 e. The van der Waals surface area contributed by atoms with Crippen LogP contribution < -0.4 is 0 Å². The monoisotopic (exact) mass is 706 g/mol. The Morgan fingerprint density at radius 2 is 0.306 bits per heavy atom. The summed E-state index contributed by atoms with van der Waals surface area (Å²) in [6.07, 6.45) is 11.1. The van der Waals surface area contributed by atoms with Crippen molar-refractivity contribution >= 4 is 36.5 Å². The van der Waals surface area contributed by atoms with Gasteiger partial charge in [0.1, 0.15) is 34.9 Å². The quantitative estimate of drug-likeness (QED) is 0.0919. The molecule has 250 valence electrons. The van der Waals surface area contributed by atoms with Crippen LogP contribution in [0.15, 0.2) is 146 Å². The molecule has 0 amide bonds. The predicted molar refractivity (Wildman–Crippen MR) is 185 cm³/mol. The van der Waals surface area contributed by atoms with Crippen LogP contribution >= 0.6 is 0 Å². The zero-order chi connectivity index (χ0) is 34.1. The first-order valence-electron chi connectivity index (χ1n) is 14.8. The van der Waals surface area contributed by atoms with Crippen molar-refractivity contribution in [1.29, 1.82) is 0 Å². The predicted octanol–water partition coefficient (Wildman–Crippen LogP) is 12.4. The smallest absolute Gasteiger partial charge is 0.123 e. The van der Waals surface area contributed by atoms with Crippen LogP contribution in [-0.2, 0) is 16.5 Å². The average molecular weight is 707 g/mol. The molecule has 0 aromatic heterocycles. The molecule has 0 N–H and O–H groups in total. The van der Waals surface area contributed by atoms with Crippen molar-refractivity contribution < 1.29 is 42.8 Å². The molecule has 0 aliphatic rings. The van der Waals surface area contributed by atoms with Gasteiger partial charge in [-0.3, -0.25) is 0 Å². The molecule has 0 spiro atoms. The molecule has 0 aliphatic heterocycles. The number of hydrogen-bond donors (Lipinski definition) is 0. The van der Waals surface area contributed by atoms with E-state index in [4.69, 9.17) is 0 Å². The minimum atomic E-state index is -0.251. The summed E-state index contributed by atoms with van der Waals surface area (Å²) in [7, 11) is 0. The van der Waals surface area contributed by atoms with Crippen molar-refractivity contribution in [2.24, 2.45) is 0 Å². The van der Waals surface area contributed by atoms with Crippen LogP contribution in [0.3, 0.4) is 0 Å². The maximum atomic E-state index is 12.6. The molecule has 0 saturated carbocycles. The fourth-order valence-electron chi connectivity index (χ4n) is 4.02. The second-order valence-corrected chi connectivity index (χ2v) is 10.3. The number of benzene rings is 6. The molecule has 0 saturated heterocycles. The van der Waals surface area contributed by atoms with Crippen molar-refractivity contribution in [2.45, 2.75) is 0 Å². The summed E-state index contributed by atoms with van der Waals surface area (Å²) in [5, 5.41) is 0. The van der Waals surface area contributed by atoms with E-state index in [9.17, 15) is 26.3 Å². The Hall–Kier alpha value is -5.39. The van der Waals surface area contributed by atoms with E-state index in [1.807, 2.05) is 36.5 Å². The van der Waals surface area contributed by atoms with Crippen LogP contribution in [0.2, 0.25) is 0 Å². The standard InChI is InChI=1S/3C14H10F2.Ni/c3*15-13-7-3-11(4-8-13)1-2-12-5-9-14(16)10-6-12;/h3*1-10H;/b3*2-1+;. The molecular formula is C42H30F6Ni. The summed E-state index contributed by atoms with van der Waals surface area (Å²) in [5.41, 5.74) is 5.45. The minimum Gasteiger partial charge on any atom is -0.207 e. The van der Waals surface area contributed by atoms with Gasteiger partial charge in [-0.05, 0) is 106 Å². The summed E-state index contributed by atoms with van der Waals surface area (Å²) >= 11 is 0. The van der Waals surface area contributed by atoms with E-state index in [1.165, 1.54) is 72.8 Å². The van der Waals surface area contributed by atoms with Crippen molar-refractivity contribution in [1.82, 2.24) is 0 Å². The van der Waals surface area contributed by atoms with Crippen LogP contribution in [0.1, 0.15) is 33.4 Å². The summed E-state index contributed by atoms with van der Waals surface area (Å²) in [4.78, 5) is 0.